The van der Waals surface area contributed by atoms with Crippen LogP contribution in [0.15, 0.2) is 65.8 Å². The van der Waals surface area contributed by atoms with Crippen molar-refractivity contribution in [3.8, 4) is 0 Å². The Morgan fingerprint density at radius 3 is 2.41 bits per heavy atom. The first-order valence-electron chi connectivity index (χ1n) is 7.65. The van der Waals surface area contributed by atoms with Crippen LogP contribution in [-0.2, 0) is 19.3 Å². The molecule has 0 aromatic heterocycles. The van der Waals surface area contributed by atoms with E-state index in [9.17, 15) is 5.21 Å². The Morgan fingerprint density at radius 2 is 1.64 bits per heavy atom. The zero-order valence-electron chi connectivity index (χ0n) is 12.3. The summed E-state index contributed by atoms with van der Waals surface area (Å²) >= 11 is 0. The van der Waals surface area contributed by atoms with Crippen molar-refractivity contribution in [1.29, 1.82) is 0 Å². The van der Waals surface area contributed by atoms with Crippen LogP contribution in [0.4, 0.5) is 0 Å². The van der Waals surface area contributed by atoms with Gasteiger partial charge in [0.1, 0.15) is 0 Å². The smallest absolute Gasteiger partial charge is 0.0917 e. The minimum Gasteiger partial charge on any atom is -0.411 e. The fourth-order valence-electron chi connectivity index (χ4n) is 3.47. The van der Waals surface area contributed by atoms with E-state index in [1.54, 1.807) is 0 Å². The first kappa shape index (κ1) is 13.1. The Bertz CT molecular complexity index is 855. The average molecular weight is 287 g/mol. The fraction of sp³-hybridized carbons (Fsp3) is 0.150. The van der Waals surface area contributed by atoms with Gasteiger partial charge in [0.2, 0.25) is 0 Å². The van der Waals surface area contributed by atoms with Gasteiger partial charge < -0.3 is 5.21 Å². The van der Waals surface area contributed by atoms with Crippen molar-refractivity contribution in [2.45, 2.75) is 19.3 Å². The van der Waals surface area contributed by atoms with E-state index in [2.05, 4.69) is 47.6 Å². The van der Waals surface area contributed by atoms with Crippen LogP contribution in [-0.4, -0.2) is 10.9 Å². The Kier molecular flexibility index (Phi) is 3.15. The summed E-state index contributed by atoms with van der Waals surface area (Å²) < 4.78 is 0. The van der Waals surface area contributed by atoms with Crippen LogP contribution < -0.4 is 0 Å². The molecule has 0 saturated heterocycles. The number of aryl methyl sites for hydroxylation is 2. The highest BCUT2D eigenvalue weighted by molar-refractivity contribution is 6.13. The number of oxime groups is 1. The van der Waals surface area contributed by atoms with E-state index in [0.29, 0.717) is 6.42 Å². The van der Waals surface area contributed by atoms with Gasteiger partial charge in [-0.1, -0.05) is 65.8 Å². The third-order valence-corrected chi connectivity index (χ3v) is 4.52. The SMILES string of the molecule is O/N=C(/Cc1ccccc1)c1ccc2c3c(cccc13)CC2. The normalized spacial score (nSPS) is 13.7. The third-order valence-electron chi connectivity index (χ3n) is 4.52. The summed E-state index contributed by atoms with van der Waals surface area (Å²) in [7, 11) is 0. The van der Waals surface area contributed by atoms with Crippen molar-refractivity contribution in [2.24, 2.45) is 5.16 Å². The predicted molar refractivity (Wildman–Crippen MR) is 89.8 cm³/mol. The van der Waals surface area contributed by atoms with E-state index >= 15 is 0 Å². The van der Waals surface area contributed by atoms with E-state index < -0.39 is 0 Å². The first-order valence-corrected chi connectivity index (χ1v) is 7.65. The van der Waals surface area contributed by atoms with Crippen molar-refractivity contribution in [2.75, 3.05) is 0 Å². The Morgan fingerprint density at radius 1 is 0.864 bits per heavy atom. The number of hydrogen-bond donors (Lipinski definition) is 1. The van der Waals surface area contributed by atoms with Crippen LogP contribution >= 0.6 is 0 Å². The van der Waals surface area contributed by atoms with E-state index in [0.717, 1.165) is 29.7 Å². The third kappa shape index (κ3) is 2.08. The number of rotatable bonds is 3. The molecule has 108 valence electrons. The maximum Gasteiger partial charge on any atom is 0.0917 e. The molecule has 0 amide bonds. The molecular formula is C20H17NO. The van der Waals surface area contributed by atoms with E-state index in [4.69, 9.17) is 0 Å². The molecule has 4 rings (SSSR count). The maximum absolute atomic E-state index is 9.54. The fourth-order valence-corrected chi connectivity index (χ4v) is 3.47. The molecule has 0 bridgehead atoms. The van der Waals surface area contributed by atoms with Crippen molar-refractivity contribution in [1.82, 2.24) is 0 Å². The van der Waals surface area contributed by atoms with Gasteiger partial charge in [-0.2, -0.15) is 0 Å². The molecule has 1 aliphatic carbocycles. The lowest BCUT2D eigenvalue weighted by Gasteiger charge is -2.10. The molecule has 0 atom stereocenters. The lowest BCUT2D eigenvalue weighted by atomic mass is 9.94. The van der Waals surface area contributed by atoms with Crippen LogP contribution in [0.5, 0.6) is 0 Å². The summed E-state index contributed by atoms with van der Waals surface area (Å²) in [6.07, 6.45) is 2.86. The van der Waals surface area contributed by atoms with Gasteiger partial charge in [0.15, 0.2) is 0 Å². The summed E-state index contributed by atoms with van der Waals surface area (Å²) in [6, 6.07) is 20.9. The predicted octanol–water partition coefficient (Wildman–Crippen LogP) is 4.36. The van der Waals surface area contributed by atoms with Crippen molar-refractivity contribution >= 4 is 16.5 Å². The molecule has 1 aliphatic rings. The minimum absolute atomic E-state index is 0.635. The highest BCUT2D eigenvalue weighted by atomic mass is 16.4. The molecule has 1 N–H and O–H groups in total. The Balaban J connectivity index is 1.84. The topological polar surface area (TPSA) is 32.6 Å². The highest BCUT2D eigenvalue weighted by Crippen LogP contribution is 2.33. The molecule has 0 aliphatic heterocycles. The van der Waals surface area contributed by atoms with Crippen LogP contribution in [0.2, 0.25) is 0 Å². The van der Waals surface area contributed by atoms with Crippen LogP contribution in [0, 0.1) is 0 Å². The highest BCUT2D eigenvalue weighted by Gasteiger charge is 2.18. The summed E-state index contributed by atoms with van der Waals surface area (Å²) in [4.78, 5) is 0. The molecule has 2 nitrogen and oxygen atoms in total. The van der Waals surface area contributed by atoms with Gasteiger partial charge in [-0.05, 0) is 40.3 Å². The zero-order valence-corrected chi connectivity index (χ0v) is 12.3. The number of nitrogens with zero attached hydrogens (tertiary/aromatic N) is 1. The van der Waals surface area contributed by atoms with Crippen molar-refractivity contribution in [3.63, 3.8) is 0 Å². The summed E-state index contributed by atoms with van der Waals surface area (Å²) in [5, 5.41) is 15.7. The standard InChI is InChI=1S/C20H17NO/c22-21-19(13-14-5-2-1-3-6-14)17-12-11-16-10-9-15-7-4-8-18(17)20(15)16/h1-8,11-12,22H,9-10,13H2/b21-19-. The van der Waals surface area contributed by atoms with E-state index in [1.165, 1.54) is 21.9 Å². The van der Waals surface area contributed by atoms with Crippen LogP contribution in [0.1, 0.15) is 22.3 Å². The molecule has 0 unspecified atom stereocenters. The van der Waals surface area contributed by atoms with Gasteiger partial charge in [0.25, 0.3) is 0 Å². The Hall–Kier alpha value is -2.61. The molecule has 3 aromatic carbocycles. The maximum atomic E-state index is 9.54. The van der Waals surface area contributed by atoms with Gasteiger partial charge in [-0.15, -0.1) is 0 Å². The van der Waals surface area contributed by atoms with Crippen molar-refractivity contribution in [3.05, 3.63) is 82.9 Å². The number of benzene rings is 3. The van der Waals surface area contributed by atoms with Crippen LogP contribution in [0.3, 0.4) is 0 Å². The Labute approximate surface area is 129 Å². The van der Waals surface area contributed by atoms with Crippen molar-refractivity contribution < 1.29 is 5.21 Å². The molecule has 2 heteroatoms. The van der Waals surface area contributed by atoms with Gasteiger partial charge in [0.05, 0.1) is 5.71 Å². The van der Waals surface area contributed by atoms with Crippen LogP contribution in [0.25, 0.3) is 10.8 Å². The summed E-state index contributed by atoms with van der Waals surface area (Å²) in [5.41, 5.74) is 5.73. The monoisotopic (exact) mass is 287 g/mol. The largest absolute Gasteiger partial charge is 0.411 e. The molecule has 0 radical (unpaired) electrons. The molecule has 0 saturated carbocycles. The average Bonchev–Trinajstić information content (AvgIpc) is 3.00. The molecule has 22 heavy (non-hydrogen) atoms. The van der Waals surface area contributed by atoms with E-state index in [1.807, 2.05) is 18.2 Å². The van der Waals surface area contributed by atoms with Gasteiger partial charge in [-0.3, -0.25) is 0 Å². The molecule has 0 fully saturated rings. The molecule has 0 heterocycles. The van der Waals surface area contributed by atoms with Gasteiger partial charge in [0, 0.05) is 12.0 Å². The number of hydrogen-bond acceptors (Lipinski definition) is 2. The summed E-state index contributed by atoms with van der Waals surface area (Å²) in [5.74, 6) is 0. The minimum atomic E-state index is 0.635. The van der Waals surface area contributed by atoms with Gasteiger partial charge >= 0.3 is 0 Å². The van der Waals surface area contributed by atoms with Gasteiger partial charge in [-0.25, -0.2) is 0 Å². The first-order chi connectivity index (χ1) is 10.9. The second-order valence-corrected chi connectivity index (χ2v) is 5.82. The molecular weight excluding hydrogens is 270 g/mol. The second-order valence-electron chi connectivity index (χ2n) is 5.82. The molecule has 3 aromatic rings. The quantitative estimate of drug-likeness (QED) is 0.433. The lowest BCUT2D eigenvalue weighted by Crippen LogP contribution is -2.06. The zero-order chi connectivity index (χ0) is 14.9. The second kappa shape index (κ2) is 5.30. The summed E-state index contributed by atoms with van der Waals surface area (Å²) in [6.45, 7) is 0. The lowest BCUT2D eigenvalue weighted by molar-refractivity contribution is 0.318. The molecule has 0 spiro atoms. The van der Waals surface area contributed by atoms with E-state index in [-0.39, 0.29) is 0 Å².